The lowest BCUT2D eigenvalue weighted by Gasteiger charge is -2.21. The maximum atomic E-state index is 11.7. The molecule has 0 aromatic heterocycles. The Kier molecular flexibility index (Phi) is 5.56. The van der Waals surface area contributed by atoms with E-state index in [1.807, 2.05) is 6.92 Å². The van der Waals surface area contributed by atoms with E-state index in [-0.39, 0.29) is 25.4 Å². The van der Waals surface area contributed by atoms with E-state index in [2.05, 4.69) is 10.6 Å². The Morgan fingerprint density at radius 1 is 1.32 bits per heavy atom. The third-order valence-electron chi connectivity index (χ3n) is 2.80. The number of carbonyl (C=O) groups is 3. The Morgan fingerprint density at radius 2 is 2.00 bits per heavy atom. The highest BCUT2D eigenvalue weighted by atomic mass is 16.4. The zero-order chi connectivity index (χ0) is 14.4. The number of aliphatic hydroxyl groups is 1. The van der Waals surface area contributed by atoms with Gasteiger partial charge in [0.05, 0.1) is 12.6 Å². The fourth-order valence-corrected chi connectivity index (χ4v) is 1.86. The van der Waals surface area contributed by atoms with Crippen molar-refractivity contribution in [1.29, 1.82) is 0 Å². The van der Waals surface area contributed by atoms with Crippen LogP contribution in [0.5, 0.6) is 0 Å². The normalized spacial score (nSPS) is 22.1. The molecule has 8 heteroatoms. The number of carbonyl (C=O) groups excluding carboxylic acids is 2. The predicted molar refractivity (Wildman–Crippen MR) is 65.5 cm³/mol. The molecule has 3 amide bonds. The Bertz CT molecular complexity index is 360. The minimum atomic E-state index is -1.16. The molecule has 0 aromatic rings. The van der Waals surface area contributed by atoms with Crippen LogP contribution < -0.4 is 10.6 Å². The number of urea groups is 1. The molecule has 1 aliphatic heterocycles. The fraction of sp³-hybridized carbons (Fsp3) is 0.727. The number of aliphatic carboxylic acids is 1. The lowest BCUT2D eigenvalue weighted by Crippen LogP contribution is -2.48. The van der Waals surface area contributed by atoms with E-state index in [1.165, 1.54) is 0 Å². The molecule has 0 spiro atoms. The molecule has 1 rings (SSSR count). The summed E-state index contributed by atoms with van der Waals surface area (Å²) in [5, 5.41) is 23.3. The lowest BCUT2D eigenvalue weighted by molar-refractivity contribution is -0.141. The van der Waals surface area contributed by atoms with E-state index in [0.717, 1.165) is 11.3 Å². The van der Waals surface area contributed by atoms with Gasteiger partial charge in [-0.3, -0.25) is 4.79 Å². The number of rotatable bonds is 5. The molecule has 108 valence electrons. The van der Waals surface area contributed by atoms with Crippen LogP contribution in [0.3, 0.4) is 0 Å². The van der Waals surface area contributed by atoms with Crippen LogP contribution in [0.25, 0.3) is 0 Å². The third kappa shape index (κ3) is 4.40. The van der Waals surface area contributed by atoms with Crippen LogP contribution in [0.4, 0.5) is 4.79 Å². The number of carboxylic acid groups (broad SMARTS) is 1. The van der Waals surface area contributed by atoms with Crippen molar-refractivity contribution in [2.75, 3.05) is 19.6 Å². The largest absolute Gasteiger partial charge is 0.480 e. The summed E-state index contributed by atoms with van der Waals surface area (Å²) in [4.78, 5) is 35.0. The van der Waals surface area contributed by atoms with E-state index in [1.54, 1.807) is 0 Å². The second-order valence-corrected chi connectivity index (χ2v) is 4.40. The fourth-order valence-electron chi connectivity index (χ4n) is 1.86. The van der Waals surface area contributed by atoms with Gasteiger partial charge in [-0.15, -0.1) is 0 Å². The molecule has 0 unspecified atom stereocenters. The van der Waals surface area contributed by atoms with Crippen molar-refractivity contribution in [3.63, 3.8) is 0 Å². The van der Waals surface area contributed by atoms with Gasteiger partial charge >= 0.3 is 12.0 Å². The molecule has 1 saturated heterocycles. The SMILES string of the molecule is CCCNC(=O)CNC(=O)N1C[C@@H](O)C[C@H]1C(=O)O. The molecular formula is C11H19N3O5. The van der Waals surface area contributed by atoms with Gasteiger partial charge in [0, 0.05) is 19.5 Å². The van der Waals surface area contributed by atoms with Crippen LogP contribution in [0, 0.1) is 0 Å². The van der Waals surface area contributed by atoms with E-state index in [9.17, 15) is 19.5 Å². The molecular weight excluding hydrogens is 254 g/mol. The Hall–Kier alpha value is -1.83. The molecule has 1 aliphatic rings. The van der Waals surface area contributed by atoms with E-state index in [4.69, 9.17) is 5.11 Å². The number of hydrogen-bond donors (Lipinski definition) is 4. The van der Waals surface area contributed by atoms with Crippen LogP contribution in [0.1, 0.15) is 19.8 Å². The summed E-state index contributed by atoms with van der Waals surface area (Å²) >= 11 is 0. The van der Waals surface area contributed by atoms with Crippen molar-refractivity contribution in [1.82, 2.24) is 15.5 Å². The number of hydrogen-bond acceptors (Lipinski definition) is 4. The Morgan fingerprint density at radius 3 is 2.58 bits per heavy atom. The summed E-state index contributed by atoms with van der Waals surface area (Å²) in [6.07, 6.45) is -0.0510. The molecule has 19 heavy (non-hydrogen) atoms. The zero-order valence-electron chi connectivity index (χ0n) is 10.8. The van der Waals surface area contributed by atoms with E-state index < -0.39 is 24.1 Å². The molecule has 0 bridgehead atoms. The highest BCUT2D eigenvalue weighted by Gasteiger charge is 2.38. The summed E-state index contributed by atoms with van der Waals surface area (Å²) in [6, 6.07) is -1.70. The van der Waals surface area contributed by atoms with Crippen molar-refractivity contribution in [3.8, 4) is 0 Å². The molecule has 0 aliphatic carbocycles. The first-order valence-corrected chi connectivity index (χ1v) is 6.17. The number of amides is 3. The van der Waals surface area contributed by atoms with Gasteiger partial charge in [0.1, 0.15) is 6.04 Å². The van der Waals surface area contributed by atoms with Gasteiger partial charge in [-0.2, -0.15) is 0 Å². The molecule has 8 nitrogen and oxygen atoms in total. The van der Waals surface area contributed by atoms with Gasteiger partial charge in [0.25, 0.3) is 0 Å². The molecule has 2 atom stereocenters. The summed E-state index contributed by atoms with van der Waals surface area (Å²) in [7, 11) is 0. The van der Waals surface area contributed by atoms with Crippen LogP contribution in [-0.2, 0) is 9.59 Å². The molecule has 0 radical (unpaired) electrons. The zero-order valence-corrected chi connectivity index (χ0v) is 10.8. The van der Waals surface area contributed by atoms with E-state index in [0.29, 0.717) is 6.54 Å². The summed E-state index contributed by atoms with van der Waals surface area (Å²) in [6.45, 7) is 2.17. The number of nitrogens with zero attached hydrogens (tertiary/aromatic N) is 1. The first kappa shape index (κ1) is 15.2. The minimum absolute atomic E-state index is 0.00475. The van der Waals surface area contributed by atoms with Gasteiger partial charge in [-0.1, -0.05) is 6.92 Å². The van der Waals surface area contributed by atoms with Crippen LogP contribution in [-0.4, -0.2) is 64.8 Å². The van der Waals surface area contributed by atoms with Crippen molar-refractivity contribution in [2.24, 2.45) is 0 Å². The summed E-state index contributed by atoms with van der Waals surface area (Å²) in [5.74, 6) is -1.50. The van der Waals surface area contributed by atoms with Gasteiger partial charge in [0.2, 0.25) is 5.91 Å². The standard InChI is InChI=1S/C11H19N3O5/c1-2-3-12-9(16)5-13-11(19)14-6-7(15)4-8(14)10(17)18/h7-8,15H,2-6H2,1H3,(H,12,16)(H,13,19)(H,17,18)/t7-,8-/m0/s1. The van der Waals surface area contributed by atoms with Crippen molar-refractivity contribution >= 4 is 17.9 Å². The predicted octanol–water partition coefficient (Wildman–Crippen LogP) is -1.26. The van der Waals surface area contributed by atoms with Crippen LogP contribution in [0.2, 0.25) is 0 Å². The smallest absolute Gasteiger partial charge is 0.326 e. The van der Waals surface area contributed by atoms with Gasteiger partial charge in [-0.25, -0.2) is 9.59 Å². The van der Waals surface area contributed by atoms with Crippen LogP contribution in [0.15, 0.2) is 0 Å². The summed E-state index contributed by atoms with van der Waals surface area (Å²) < 4.78 is 0. The summed E-state index contributed by atoms with van der Waals surface area (Å²) in [5.41, 5.74) is 0. The first-order valence-electron chi connectivity index (χ1n) is 6.17. The topological polar surface area (TPSA) is 119 Å². The second-order valence-electron chi connectivity index (χ2n) is 4.40. The highest BCUT2D eigenvalue weighted by molar-refractivity contribution is 5.87. The van der Waals surface area contributed by atoms with Crippen molar-refractivity contribution < 1.29 is 24.6 Å². The highest BCUT2D eigenvalue weighted by Crippen LogP contribution is 2.17. The molecule has 0 saturated carbocycles. The number of β-amino-alcohol motifs (C(OH)–C–C–N with tert-alkyl or cyclic N) is 1. The number of likely N-dealkylation sites (tertiary alicyclic amines) is 1. The molecule has 0 aromatic carbocycles. The average Bonchev–Trinajstić information content (AvgIpc) is 2.75. The van der Waals surface area contributed by atoms with Gasteiger partial charge in [0.15, 0.2) is 0 Å². The monoisotopic (exact) mass is 273 g/mol. The minimum Gasteiger partial charge on any atom is -0.480 e. The van der Waals surface area contributed by atoms with Crippen molar-refractivity contribution in [3.05, 3.63) is 0 Å². The molecule has 1 fully saturated rings. The lowest BCUT2D eigenvalue weighted by atomic mass is 10.2. The van der Waals surface area contributed by atoms with Gasteiger partial charge < -0.3 is 25.7 Å². The van der Waals surface area contributed by atoms with Gasteiger partial charge in [-0.05, 0) is 6.42 Å². The number of carboxylic acids is 1. The van der Waals surface area contributed by atoms with Crippen molar-refractivity contribution in [2.45, 2.75) is 31.9 Å². The second kappa shape index (κ2) is 6.93. The molecule has 1 heterocycles. The average molecular weight is 273 g/mol. The first-order chi connectivity index (χ1) is 8.95. The molecule has 4 N–H and O–H groups in total. The van der Waals surface area contributed by atoms with Crippen LogP contribution >= 0.6 is 0 Å². The Labute approximate surface area is 110 Å². The van der Waals surface area contributed by atoms with E-state index >= 15 is 0 Å². The third-order valence-corrected chi connectivity index (χ3v) is 2.80. The Balaban J connectivity index is 2.44. The quantitative estimate of drug-likeness (QED) is 0.498. The number of aliphatic hydroxyl groups excluding tert-OH is 1. The maximum absolute atomic E-state index is 11.7. The maximum Gasteiger partial charge on any atom is 0.326 e. The number of nitrogens with one attached hydrogen (secondary N) is 2.